The van der Waals surface area contributed by atoms with E-state index in [1.165, 1.54) is 0 Å². The number of rotatable bonds is 5. The minimum absolute atomic E-state index is 0.221. The molecule has 6 heteroatoms. The second-order valence-electron chi connectivity index (χ2n) is 4.74. The molecule has 0 spiro atoms. The number of hydrogen-bond acceptors (Lipinski definition) is 3. The molecule has 0 fully saturated rings. The molecule has 0 radical (unpaired) electrons. The van der Waals surface area contributed by atoms with Crippen molar-refractivity contribution in [3.05, 3.63) is 63.6 Å². The largest absolute Gasteiger partial charge is 0.326 e. The van der Waals surface area contributed by atoms with Crippen molar-refractivity contribution in [1.29, 1.82) is 0 Å². The normalized spacial score (nSPS) is 11.6. The van der Waals surface area contributed by atoms with Crippen molar-refractivity contribution in [3.63, 3.8) is 0 Å². The van der Waals surface area contributed by atoms with E-state index >= 15 is 0 Å². The molecular formula is C15H17BrN2O2S. The summed E-state index contributed by atoms with van der Waals surface area (Å²) in [5.74, 6) is 0. The number of nitrogens with two attached hydrogens (primary N) is 1. The summed E-state index contributed by atoms with van der Waals surface area (Å²) in [6.07, 6.45) is 0. The van der Waals surface area contributed by atoms with Crippen molar-refractivity contribution in [3.8, 4) is 0 Å². The summed E-state index contributed by atoms with van der Waals surface area (Å²) < 4.78 is 28.1. The van der Waals surface area contributed by atoms with Crippen molar-refractivity contribution in [2.75, 3.05) is 0 Å². The molecule has 112 valence electrons. The molecule has 0 aromatic heterocycles. The van der Waals surface area contributed by atoms with Gasteiger partial charge in [-0.3, -0.25) is 0 Å². The second-order valence-corrected chi connectivity index (χ2v) is 7.27. The van der Waals surface area contributed by atoms with Crippen molar-refractivity contribution < 1.29 is 8.42 Å². The molecule has 0 aliphatic heterocycles. The standard InChI is InChI=1S/C15H17BrN2O2S/c1-11-7-13(9-17)8-14(15(11)16)21(19,20)18-10-12-5-3-2-4-6-12/h2-8,18H,9-10,17H2,1H3. The highest BCUT2D eigenvalue weighted by Gasteiger charge is 2.19. The van der Waals surface area contributed by atoms with Crippen molar-refractivity contribution in [1.82, 2.24) is 4.72 Å². The van der Waals surface area contributed by atoms with Crippen LogP contribution in [-0.4, -0.2) is 8.42 Å². The topological polar surface area (TPSA) is 72.2 Å². The molecule has 2 aromatic carbocycles. The molecular weight excluding hydrogens is 352 g/mol. The number of aryl methyl sites for hydroxylation is 1. The molecule has 4 nitrogen and oxygen atoms in total. The van der Waals surface area contributed by atoms with E-state index in [2.05, 4.69) is 20.7 Å². The molecule has 0 bridgehead atoms. The average Bonchev–Trinajstić information content (AvgIpc) is 2.48. The molecule has 0 saturated heterocycles. The Morgan fingerprint density at radius 1 is 1.14 bits per heavy atom. The van der Waals surface area contributed by atoms with Gasteiger partial charge in [0, 0.05) is 17.6 Å². The van der Waals surface area contributed by atoms with Gasteiger partial charge in [0.2, 0.25) is 10.0 Å². The summed E-state index contributed by atoms with van der Waals surface area (Å²) in [5.41, 5.74) is 8.15. The second kappa shape index (κ2) is 6.70. The van der Waals surface area contributed by atoms with Gasteiger partial charge in [-0.1, -0.05) is 36.4 Å². The summed E-state index contributed by atoms with van der Waals surface area (Å²) in [6.45, 7) is 2.40. The van der Waals surface area contributed by atoms with Crippen LogP contribution < -0.4 is 10.5 Å². The van der Waals surface area contributed by atoms with Gasteiger partial charge < -0.3 is 5.73 Å². The van der Waals surface area contributed by atoms with Crippen LogP contribution >= 0.6 is 15.9 Å². The molecule has 0 heterocycles. The molecule has 2 aromatic rings. The number of benzene rings is 2. The lowest BCUT2D eigenvalue weighted by atomic mass is 10.1. The minimum Gasteiger partial charge on any atom is -0.326 e. The van der Waals surface area contributed by atoms with E-state index in [4.69, 9.17) is 5.73 Å². The zero-order valence-corrected chi connectivity index (χ0v) is 14.0. The van der Waals surface area contributed by atoms with Crippen LogP contribution in [0.5, 0.6) is 0 Å². The van der Waals surface area contributed by atoms with Gasteiger partial charge in [-0.25, -0.2) is 13.1 Å². The Bertz CT molecular complexity index is 731. The quantitative estimate of drug-likeness (QED) is 0.851. The van der Waals surface area contributed by atoms with Gasteiger partial charge in [0.1, 0.15) is 0 Å². The van der Waals surface area contributed by atoms with Crippen LogP contribution in [0.3, 0.4) is 0 Å². The van der Waals surface area contributed by atoms with Crippen LogP contribution in [-0.2, 0) is 23.1 Å². The zero-order valence-electron chi connectivity index (χ0n) is 11.6. The maximum absolute atomic E-state index is 12.5. The van der Waals surface area contributed by atoms with Crippen LogP contribution in [0.2, 0.25) is 0 Å². The van der Waals surface area contributed by atoms with E-state index in [0.717, 1.165) is 16.7 Å². The summed E-state index contributed by atoms with van der Waals surface area (Å²) in [7, 11) is -3.60. The van der Waals surface area contributed by atoms with Crippen LogP contribution in [0.4, 0.5) is 0 Å². The fraction of sp³-hybridized carbons (Fsp3) is 0.200. The van der Waals surface area contributed by atoms with Crippen LogP contribution in [0.1, 0.15) is 16.7 Å². The summed E-state index contributed by atoms with van der Waals surface area (Å²) in [5, 5.41) is 0. The summed E-state index contributed by atoms with van der Waals surface area (Å²) in [6, 6.07) is 12.9. The smallest absolute Gasteiger partial charge is 0.242 e. The highest BCUT2D eigenvalue weighted by atomic mass is 79.9. The molecule has 0 saturated carbocycles. The summed E-state index contributed by atoms with van der Waals surface area (Å²) in [4.78, 5) is 0.221. The number of nitrogens with one attached hydrogen (secondary N) is 1. The third kappa shape index (κ3) is 3.91. The van der Waals surface area contributed by atoms with E-state index in [9.17, 15) is 8.42 Å². The lowest BCUT2D eigenvalue weighted by Gasteiger charge is -2.12. The first kappa shape index (κ1) is 16.2. The Labute approximate surface area is 133 Å². The predicted octanol–water partition coefficient (Wildman–Crippen LogP) is 2.69. The van der Waals surface area contributed by atoms with E-state index in [1.54, 1.807) is 6.07 Å². The Morgan fingerprint density at radius 3 is 2.43 bits per heavy atom. The van der Waals surface area contributed by atoms with Crippen molar-refractivity contribution in [2.45, 2.75) is 24.9 Å². The van der Waals surface area contributed by atoms with Gasteiger partial charge in [-0.15, -0.1) is 0 Å². The van der Waals surface area contributed by atoms with Gasteiger partial charge in [0.05, 0.1) is 4.90 Å². The molecule has 0 atom stereocenters. The van der Waals surface area contributed by atoms with Gasteiger partial charge >= 0.3 is 0 Å². The number of halogens is 1. The van der Waals surface area contributed by atoms with Gasteiger partial charge in [0.15, 0.2) is 0 Å². The molecule has 0 unspecified atom stereocenters. The van der Waals surface area contributed by atoms with Crippen LogP contribution in [0.25, 0.3) is 0 Å². The molecule has 21 heavy (non-hydrogen) atoms. The average molecular weight is 369 g/mol. The molecule has 0 aliphatic rings. The van der Waals surface area contributed by atoms with E-state index in [0.29, 0.717) is 11.0 Å². The lowest BCUT2D eigenvalue weighted by Crippen LogP contribution is -2.24. The Morgan fingerprint density at radius 2 is 1.81 bits per heavy atom. The van der Waals surface area contributed by atoms with Crippen LogP contribution in [0, 0.1) is 6.92 Å². The number of hydrogen-bond donors (Lipinski definition) is 2. The first-order chi connectivity index (χ1) is 9.94. The first-order valence-electron chi connectivity index (χ1n) is 6.46. The fourth-order valence-corrected chi connectivity index (χ4v) is 4.06. The highest BCUT2D eigenvalue weighted by Crippen LogP contribution is 2.27. The van der Waals surface area contributed by atoms with E-state index < -0.39 is 10.0 Å². The maximum Gasteiger partial charge on any atom is 0.242 e. The number of sulfonamides is 1. The maximum atomic E-state index is 12.5. The van der Waals surface area contributed by atoms with E-state index in [1.807, 2.05) is 43.3 Å². The molecule has 0 amide bonds. The highest BCUT2D eigenvalue weighted by molar-refractivity contribution is 9.10. The molecule has 3 N–H and O–H groups in total. The van der Waals surface area contributed by atoms with Gasteiger partial charge in [-0.2, -0.15) is 0 Å². The van der Waals surface area contributed by atoms with Crippen LogP contribution in [0.15, 0.2) is 51.8 Å². The SMILES string of the molecule is Cc1cc(CN)cc(S(=O)(=O)NCc2ccccc2)c1Br. The predicted molar refractivity (Wildman–Crippen MR) is 87.2 cm³/mol. The minimum atomic E-state index is -3.60. The lowest BCUT2D eigenvalue weighted by molar-refractivity contribution is 0.580. The van der Waals surface area contributed by atoms with Crippen molar-refractivity contribution in [2.24, 2.45) is 5.73 Å². The fourth-order valence-electron chi connectivity index (χ4n) is 1.97. The van der Waals surface area contributed by atoms with Crippen molar-refractivity contribution >= 4 is 26.0 Å². The Hall–Kier alpha value is -1.21. The summed E-state index contributed by atoms with van der Waals surface area (Å²) >= 11 is 3.35. The van der Waals surface area contributed by atoms with Gasteiger partial charge in [0.25, 0.3) is 0 Å². The third-order valence-electron chi connectivity index (χ3n) is 3.12. The first-order valence-corrected chi connectivity index (χ1v) is 8.74. The molecule has 2 rings (SSSR count). The Balaban J connectivity index is 2.29. The Kier molecular flexibility index (Phi) is 5.16. The molecule has 0 aliphatic carbocycles. The van der Waals surface area contributed by atoms with Gasteiger partial charge in [-0.05, 0) is 45.6 Å². The monoisotopic (exact) mass is 368 g/mol. The zero-order chi connectivity index (χ0) is 15.5. The third-order valence-corrected chi connectivity index (χ3v) is 5.86. The van der Waals surface area contributed by atoms with E-state index in [-0.39, 0.29) is 11.4 Å².